The number of nitrogens with zero attached hydrogens (tertiary/aromatic N) is 1. The minimum Gasteiger partial charge on any atom is -0.388 e. The van der Waals surface area contributed by atoms with E-state index in [-0.39, 0.29) is 12.0 Å². The summed E-state index contributed by atoms with van der Waals surface area (Å²) in [7, 11) is 0. The second-order valence-corrected chi connectivity index (χ2v) is 5.03. The Balaban J connectivity index is 1.98. The topological polar surface area (TPSA) is 42.4 Å². The highest BCUT2D eigenvalue weighted by Crippen LogP contribution is 2.34. The predicted molar refractivity (Wildman–Crippen MR) is 70.2 cm³/mol. The Bertz CT molecular complexity index is 550. The fourth-order valence-corrected chi connectivity index (χ4v) is 2.72. The van der Waals surface area contributed by atoms with E-state index in [9.17, 15) is 5.11 Å². The van der Waals surface area contributed by atoms with Crippen molar-refractivity contribution >= 4 is 10.8 Å². The van der Waals surface area contributed by atoms with Crippen LogP contribution in [0.3, 0.4) is 0 Å². The second kappa shape index (κ2) is 4.67. The lowest BCUT2D eigenvalue weighted by Gasteiger charge is -2.18. The number of rotatable bonds is 2. The molecule has 0 spiro atoms. The third-order valence-corrected chi connectivity index (χ3v) is 3.71. The van der Waals surface area contributed by atoms with Crippen molar-refractivity contribution in [3.8, 4) is 0 Å². The number of benzene rings is 1. The molecular formula is C15H17NO2. The molecule has 3 atom stereocenters. The molecule has 3 unspecified atom stereocenters. The highest BCUT2D eigenvalue weighted by molar-refractivity contribution is 5.85. The zero-order valence-corrected chi connectivity index (χ0v) is 10.4. The molecule has 18 heavy (non-hydrogen) atoms. The molecule has 1 aromatic heterocycles. The van der Waals surface area contributed by atoms with Crippen molar-refractivity contribution in [2.24, 2.45) is 5.92 Å². The van der Waals surface area contributed by atoms with E-state index in [1.807, 2.05) is 30.5 Å². The maximum absolute atomic E-state index is 10.5. The summed E-state index contributed by atoms with van der Waals surface area (Å²) in [6, 6.07) is 7.98. The monoisotopic (exact) mass is 243 g/mol. The van der Waals surface area contributed by atoms with Crippen LogP contribution in [0.2, 0.25) is 0 Å². The summed E-state index contributed by atoms with van der Waals surface area (Å²) in [6.45, 7) is 2.69. The molecule has 0 radical (unpaired) electrons. The maximum atomic E-state index is 10.5. The molecule has 1 aliphatic heterocycles. The Labute approximate surface area is 106 Å². The Morgan fingerprint density at radius 3 is 3.06 bits per heavy atom. The Morgan fingerprint density at radius 1 is 1.39 bits per heavy atom. The number of hydrogen-bond acceptors (Lipinski definition) is 3. The lowest BCUT2D eigenvalue weighted by molar-refractivity contribution is 0.0811. The molecule has 1 saturated heterocycles. The van der Waals surface area contributed by atoms with Crippen LogP contribution >= 0.6 is 0 Å². The van der Waals surface area contributed by atoms with Crippen molar-refractivity contribution in [3.05, 3.63) is 42.2 Å². The summed E-state index contributed by atoms with van der Waals surface area (Å²) in [6.07, 6.45) is 4.30. The zero-order valence-electron chi connectivity index (χ0n) is 10.4. The molecule has 1 fully saturated rings. The van der Waals surface area contributed by atoms with Crippen LogP contribution in [0, 0.1) is 5.92 Å². The van der Waals surface area contributed by atoms with Crippen molar-refractivity contribution in [3.63, 3.8) is 0 Å². The molecule has 1 N–H and O–H groups in total. The summed E-state index contributed by atoms with van der Waals surface area (Å²) < 4.78 is 5.54. The zero-order chi connectivity index (χ0) is 12.5. The number of ether oxygens (including phenoxy) is 1. The van der Waals surface area contributed by atoms with Gasteiger partial charge in [0.2, 0.25) is 0 Å². The number of aliphatic hydroxyl groups is 1. The van der Waals surface area contributed by atoms with E-state index in [0.29, 0.717) is 6.61 Å². The van der Waals surface area contributed by atoms with Crippen LogP contribution in [0.25, 0.3) is 10.8 Å². The molecule has 0 aliphatic carbocycles. The molecule has 3 rings (SSSR count). The van der Waals surface area contributed by atoms with Gasteiger partial charge in [0.1, 0.15) is 0 Å². The normalized spacial score (nSPS) is 25.4. The van der Waals surface area contributed by atoms with Gasteiger partial charge in [-0.2, -0.15) is 0 Å². The van der Waals surface area contributed by atoms with Crippen molar-refractivity contribution in [2.45, 2.75) is 25.6 Å². The molecule has 1 aromatic carbocycles. The van der Waals surface area contributed by atoms with Gasteiger partial charge in [-0.15, -0.1) is 0 Å². The van der Waals surface area contributed by atoms with E-state index in [1.165, 1.54) is 0 Å². The third-order valence-electron chi connectivity index (χ3n) is 3.71. The minimum atomic E-state index is -0.470. The van der Waals surface area contributed by atoms with Gasteiger partial charge in [0.25, 0.3) is 0 Å². The van der Waals surface area contributed by atoms with Crippen LogP contribution in [-0.2, 0) is 4.74 Å². The number of pyridine rings is 1. The van der Waals surface area contributed by atoms with E-state index >= 15 is 0 Å². The molecule has 3 heteroatoms. The number of aromatic nitrogens is 1. The van der Waals surface area contributed by atoms with Gasteiger partial charge in [-0.25, -0.2) is 0 Å². The van der Waals surface area contributed by atoms with E-state index in [4.69, 9.17) is 4.74 Å². The van der Waals surface area contributed by atoms with Crippen molar-refractivity contribution in [1.29, 1.82) is 0 Å². The van der Waals surface area contributed by atoms with E-state index in [0.717, 1.165) is 22.8 Å². The van der Waals surface area contributed by atoms with Gasteiger partial charge in [0.05, 0.1) is 18.8 Å². The van der Waals surface area contributed by atoms with Crippen LogP contribution in [0.15, 0.2) is 36.7 Å². The third kappa shape index (κ3) is 2.00. The largest absolute Gasteiger partial charge is 0.388 e. The summed E-state index contributed by atoms with van der Waals surface area (Å²) in [4.78, 5) is 4.16. The molecule has 2 aromatic rings. The smallest absolute Gasteiger partial charge is 0.0847 e. The van der Waals surface area contributed by atoms with Crippen molar-refractivity contribution < 1.29 is 9.84 Å². The lowest BCUT2D eigenvalue weighted by Crippen LogP contribution is -2.13. The summed E-state index contributed by atoms with van der Waals surface area (Å²) in [5.41, 5.74) is 0.961. The quantitative estimate of drug-likeness (QED) is 0.881. The van der Waals surface area contributed by atoms with Crippen LogP contribution in [0.5, 0.6) is 0 Å². The first-order chi connectivity index (χ1) is 8.75. The number of aliphatic hydroxyl groups excluding tert-OH is 1. The lowest BCUT2D eigenvalue weighted by atomic mass is 9.91. The molecule has 0 bridgehead atoms. The molecule has 1 aliphatic rings. The standard InChI is InChI=1S/C15H17NO2/c1-10-7-12(9-18-10)15(17)13-4-2-3-11-5-6-16-8-14(11)13/h2-6,8,10,12,15,17H,7,9H2,1H3. The molecule has 2 heterocycles. The first kappa shape index (κ1) is 11.6. The average molecular weight is 243 g/mol. The average Bonchev–Trinajstić information content (AvgIpc) is 2.84. The Kier molecular flexibility index (Phi) is 3.02. The van der Waals surface area contributed by atoms with Gasteiger partial charge in [-0.1, -0.05) is 18.2 Å². The summed E-state index contributed by atoms with van der Waals surface area (Å²) in [5, 5.41) is 12.7. The van der Waals surface area contributed by atoms with Gasteiger partial charge in [-0.3, -0.25) is 4.98 Å². The SMILES string of the molecule is CC1CC(C(O)c2cccc3ccncc23)CO1. The van der Waals surface area contributed by atoms with Crippen LogP contribution < -0.4 is 0 Å². The predicted octanol–water partition coefficient (Wildman–Crippen LogP) is 2.69. The van der Waals surface area contributed by atoms with E-state index < -0.39 is 6.10 Å². The second-order valence-electron chi connectivity index (χ2n) is 5.03. The van der Waals surface area contributed by atoms with Gasteiger partial charge in [-0.05, 0) is 30.4 Å². The summed E-state index contributed by atoms with van der Waals surface area (Å²) >= 11 is 0. The molecule has 94 valence electrons. The van der Waals surface area contributed by atoms with E-state index in [1.54, 1.807) is 6.20 Å². The molecular weight excluding hydrogens is 226 g/mol. The Morgan fingerprint density at radius 2 is 2.28 bits per heavy atom. The highest BCUT2D eigenvalue weighted by atomic mass is 16.5. The fourth-order valence-electron chi connectivity index (χ4n) is 2.72. The molecule has 3 nitrogen and oxygen atoms in total. The molecule has 0 amide bonds. The number of fused-ring (bicyclic) bond motifs is 1. The van der Waals surface area contributed by atoms with Crippen LogP contribution in [0.1, 0.15) is 25.0 Å². The fraction of sp³-hybridized carbons (Fsp3) is 0.400. The summed E-state index contributed by atoms with van der Waals surface area (Å²) in [5.74, 6) is 0.186. The Hall–Kier alpha value is -1.45. The van der Waals surface area contributed by atoms with Crippen LogP contribution in [0.4, 0.5) is 0 Å². The number of hydrogen-bond donors (Lipinski definition) is 1. The minimum absolute atomic E-state index is 0.186. The van der Waals surface area contributed by atoms with E-state index in [2.05, 4.69) is 11.9 Å². The van der Waals surface area contributed by atoms with Crippen molar-refractivity contribution in [2.75, 3.05) is 6.61 Å². The molecule has 0 saturated carbocycles. The van der Waals surface area contributed by atoms with Gasteiger partial charge < -0.3 is 9.84 Å². The maximum Gasteiger partial charge on any atom is 0.0847 e. The first-order valence-electron chi connectivity index (χ1n) is 6.38. The van der Waals surface area contributed by atoms with Crippen molar-refractivity contribution in [1.82, 2.24) is 4.98 Å². The van der Waals surface area contributed by atoms with Gasteiger partial charge in [0.15, 0.2) is 0 Å². The van der Waals surface area contributed by atoms with Crippen LogP contribution in [-0.4, -0.2) is 22.8 Å². The van der Waals surface area contributed by atoms with Gasteiger partial charge in [0, 0.05) is 23.7 Å². The highest BCUT2D eigenvalue weighted by Gasteiger charge is 2.30. The van der Waals surface area contributed by atoms with Gasteiger partial charge >= 0.3 is 0 Å². The first-order valence-corrected chi connectivity index (χ1v) is 6.38.